The maximum atomic E-state index is 6.20. The van der Waals surface area contributed by atoms with E-state index in [1.54, 1.807) is 0 Å². The van der Waals surface area contributed by atoms with Gasteiger partial charge in [-0.05, 0) is 79.9 Å². The molecule has 244 valence electrons. The molecule has 4 nitrogen and oxygen atoms in total. The molecule has 7 heteroatoms. The molecule has 0 atom stereocenters. The monoisotopic (exact) mass is 852 g/mol. The fourth-order valence-corrected chi connectivity index (χ4v) is 8.21. The van der Waals surface area contributed by atoms with Crippen molar-refractivity contribution >= 4 is 153 Å². The largest absolute Gasteiger partial charge is 0.456 e. The molecular weight excluding hydrogens is 832 g/mol. The van der Waals surface area contributed by atoms with Crippen LogP contribution in [0.25, 0.3) is 109 Å². The summed E-state index contributed by atoms with van der Waals surface area (Å²) in [6.45, 7) is 0. The Morgan fingerprint density at radius 2 is 0.706 bits per heavy atom. The van der Waals surface area contributed by atoms with Crippen molar-refractivity contribution in [1.29, 1.82) is 0 Å². The second kappa shape index (κ2) is 12.0. The first-order chi connectivity index (χ1) is 25.2. The molecule has 12 rings (SSSR count). The highest BCUT2D eigenvalue weighted by Crippen LogP contribution is 2.45. The van der Waals surface area contributed by atoms with Crippen LogP contribution in [0.1, 0.15) is 0 Å². The van der Waals surface area contributed by atoms with E-state index in [0.29, 0.717) is 0 Å². The summed E-state index contributed by atoms with van der Waals surface area (Å²) in [6.07, 6.45) is 0. The van der Waals surface area contributed by atoms with E-state index in [-0.39, 0.29) is 0 Å². The van der Waals surface area contributed by atoms with Crippen LogP contribution in [-0.4, -0.2) is 0 Å². The lowest BCUT2D eigenvalue weighted by atomic mass is 10.0. The molecule has 0 N–H and O–H groups in total. The molecular formula is C44H23Br3O4. The van der Waals surface area contributed by atoms with Gasteiger partial charge < -0.3 is 17.7 Å². The SMILES string of the molecule is BrBr.Brc1cc2oc3ccc4ccccc4c3c2c2c1oc1ccccc12.c1ccc2c(c1)ccc1oc3ccc4oc5ccccc5c4c3c12. The van der Waals surface area contributed by atoms with E-state index in [1.165, 1.54) is 26.9 Å². The van der Waals surface area contributed by atoms with Gasteiger partial charge in [-0.15, -0.1) is 0 Å². The van der Waals surface area contributed by atoms with Gasteiger partial charge in [-0.25, -0.2) is 0 Å². The number of benzene rings is 8. The first-order valence-corrected chi connectivity index (χ1v) is 20.8. The quantitative estimate of drug-likeness (QED) is 0.152. The second-order valence-corrected chi connectivity index (χ2v) is 13.3. The predicted molar refractivity (Wildman–Crippen MR) is 223 cm³/mol. The van der Waals surface area contributed by atoms with Gasteiger partial charge in [0.2, 0.25) is 0 Å². The normalized spacial score (nSPS) is 11.8. The van der Waals surface area contributed by atoms with Gasteiger partial charge in [0.05, 0.1) is 4.47 Å². The van der Waals surface area contributed by atoms with Crippen molar-refractivity contribution in [1.82, 2.24) is 0 Å². The standard InChI is InChI=1S/C22H11BrO2.C22H12O2.Br2/c23-15-11-18-21(20-14-7-3-4-8-16(14)25-22(15)20)19-13-6-2-1-5-12(13)9-10-17(19)24-18;1-2-6-14-13(5-1)9-10-17-20(14)22-19(24-17)12-11-18-21(22)15-7-3-4-8-16(15)23-18;1-2/h1-11H;1-12H;. The lowest BCUT2D eigenvalue weighted by Gasteiger charge is -2.00. The molecule has 0 amide bonds. The Morgan fingerprint density at radius 1 is 0.314 bits per heavy atom. The van der Waals surface area contributed by atoms with E-state index in [9.17, 15) is 0 Å². The van der Waals surface area contributed by atoms with E-state index >= 15 is 0 Å². The van der Waals surface area contributed by atoms with Crippen molar-refractivity contribution in [3.05, 3.63) is 144 Å². The van der Waals surface area contributed by atoms with Crippen LogP contribution in [0.4, 0.5) is 0 Å². The number of hydrogen-bond donors (Lipinski definition) is 0. The lowest BCUT2D eigenvalue weighted by Crippen LogP contribution is -1.76. The molecule has 0 radical (unpaired) electrons. The molecule has 0 aliphatic rings. The predicted octanol–water partition coefficient (Wildman–Crippen LogP) is 15.7. The minimum atomic E-state index is 0.865. The van der Waals surface area contributed by atoms with Crippen LogP contribution in [-0.2, 0) is 0 Å². The zero-order chi connectivity index (χ0) is 34.2. The Bertz CT molecular complexity index is 3310. The van der Waals surface area contributed by atoms with E-state index < -0.39 is 0 Å². The van der Waals surface area contributed by atoms with Gasteiger partial charge in [0.25, 0.3) is 0 Å². The van der Waals surface area contributed by atoms with E-state index in [1.807, 2.05) is 48.5 Å². The van der Waals surface area contributed by atoms with Crippen LogP contribution < -0.4 is 0 Å². The van der Waals surface area contributed by atoms with Crippen LogP contribution >= 0.6 is 44.2 Å². The molecule has 51 heavy (non-hydrogen) atoms. The molecule has 8 aromatic carbocycles. The van der Waals surface area contributed by atoms with Gasteiger partial charge >= 0.3 is 0 Å². The minimum absolute atomic E-state index is 0.865. The Balaban J connectivity index is 0.000000123. The highest BCUT2D eigenvalue weighted by Gasteiger charge is 2.20. The number of furan rings is 4. The summed E-state index contributed by atoms with van der Waals surface area (Å²) in [5, 5.41) is 13.9. The minimum Gasteiger partial charge on any atom is -0.456 e. The number of para-hydroxylation sites is 2. The first-order valence-electron chi connectivity index (χ1n) is 16.3. The number of fused-ring (bicyclic) bond motifs is 18. The van der Waals surface area contributed by atoms with Crippen LogP contribution in [0.15, 0.2) is 162 Å². The van der Waals surface area contributed by atoms with Crippen LogP contribution in [0, 0.1) is 0 Å². The lowest BCUT2D eigenvalue weighted by molar-refractivity contribution is 0.661. The van der Waals surface area contributed by atoms with Gasteiger partial charge in [0.15, 0.2) is 0 Å². The van der Waals surface area contributed by atoms with Crippen molar-refractivity contribution in [2.24, 2.45) is 0 Å². The average molecular weight is 855 g/mol. The van der Waals surface area contributed by atoms with Crippen LogP contribution in [0.3, 0.4) is 0 Å². The zero-order valence-corrected chi connectivity index (χ0v) is 31.3. The van der Waals surface area contributed by atoms with E-state index in [0.717, 1.165) is 86.8 Å². The van der Waals surface area contributed by atoms with E-state index in [4.69, 9.17) is 17.7 Å². The molecule has 0 aliphatic carbocycles. The molecule has 0 saturated heterocycles. The fraction of sp³-hybridized carbons (Fsp3) is 0. The summed E-state index contributed by atoms with van der Waals surface area (Å²) < 4.78 is 25.4. The molecule has 0 aliphatic heterocycles. The molecule has 12 aromatic rings. The van der Waals surface area contributed by atoms with Gasteiger partial charge in [0.1, 0.15) is 44.7 Å². The Labute approximate surface area is 313 Å². The van der Waals surface area contributed by atoms with Gasteiger partial charge in [-0.2, -0.15) is 0 Å². The number of rotatable bonds is 0. The second-order valence-electron chi connectivity index (χ2n) is 12.5. The van der Waals surface area contributed by atoms with Crippen LogP contribution in [0.2, 0.25) is 0 Å². The summed E-state index contributed by atoms with van der Waals surface area (Å²) in [5.41, 5.74) is 7.16. The summed E-state index contributed by atoms with van der Waals surface area (Å²) in [6, 6.07) is 47.6. The van der Waals surface area contributed by atoms with Gasteiger partial charge in [-0.3, -0.25) is 0 Å². The summed E-state index contributed by atoms with van der Waals surface area (Å²) in [5.74, 6) is 0. The number of hydrogen-bond acceptors (Lipinski definition) is 4. The maximum absolute atomic E-state index is 6.20. The van der Waals surface area contributed by atoms with Crippen molar-refractivity contribution in [3.8, 4) is 0 Å². The smallest absolute Gasteiger partial charge is 0.150 e. The zero-order valence-electron chi connectivity index (χ0n) is 26.5. The Kier molecular flexibility index (Phi) is 7.24. The van der Waals surface area contributed by atoms with Gasteiger partial charge in [0, 0.05) is 71.3 Å². The molecule has 0 spiro atoms. The van der Waals surface area contributed by atoms with Crippen LogP contribution in [0.5, 0.6) is 0 Å². The Morgan fingerprint density at radius 3 is 1.31 bits per heavy atom. The van der Waals surface area contributed by atoms with Crippen molar-refractivity contribution in [2.45, 2.75) is 0 Å². The molecule has 0 saturated carbocycles. The van der Waals surface area contributed by atoms with Crippen molar-refractivity contribution in [2.75, 3.05) is 0 Å². The first kappa shape index (κ1) is 30.7. The van der Waals surface area contributed by atoms with E-state index in [2.05, 4.69) is 135 Å². The third-order valence-corrected chi connectivity index (χ3v) is 10.4. The van der Waals surface area contributed by atoms with Gasteiger partial charge in [-0.1, -0.05) is 97.1 Å². The highest BCUT2D eigenvalue weighted by molar-refractivity contribution is 9.93. The third-order valence-electron chi connectivity index (χ3n) is 9.79. The molecule has 0 unspecified atom stereocenters. The Hall–Kier alpha value is -5.08. The highest BCUT2D eigenvalue weighted by atomic mass is 80.9. The summed E-state index contributed by atoms with van der Waals surface area (Å²) >= 11 is 9.15. The average Bonchev–Trinajstić information content (AvgIpc) is 3.95. The molecule has 4 heterocycles. The third kappa shape index (κ3) is 4.61. The molecule has 4 aromatic heterocycles. The number of halogens is 3. The maximum Gasteiger partial charge on any atom is 0.150 e. The summed E-state index contributed by atoms with van der Waals surface area (Å²) in [4.78, 5) is 0. The topological polar surface area (TPSA) is 52.6 Å². The van der Waals surface area contributed by atoms with Crippen molar-refractivity contribution < 1.29 is 17.7 Å². The molecule has 0 bridgehead atoms. The van der Waals surface area contributed by atoms with Crippen molar-refractivity contribution in [3.63, 3.8) is 0 Å². The molecule has 0 fully saturated rings. The fourth-order valence-electron chi connectivity index (χ4n) is 7.72. The summed E-state index contributed by atoms with van der Waals surface area (Å²) in [7, 11) is 0.